The van der Waals surface area contributed by atoms with E-state index in [2.05, 4.69) is 62.5 Å². The van der Waals surface area contributed by atoms with Crippen LogP contribution < -0.4 is 10.1 Å². The summed E-state index contributed by atoms with van der Waals surface area (Å²) in [6.07, 6.45) is 1.15. The lowest BCUT2D eigenvalue weighted by molar-refractivity contribution is 0.306. The van der Waals surface area contributed by atoms with E-state index < -0.39 is 0 Å². The smallest absolute Gasteiger partial charge is 0.119 e. The summed E-state index contributed by atoms with van der Waals surface area (Å²) in [5, 5.41) is 3.49. The molecular formula is C19H25NO. The van der Waals surface area contributed by atoms with Gasteiger partial charge >= 0.3 is 0 Å². The molecule has 0 aromatic heterocycles. The maximum Gasteiger partial charge on any atom is 0.119 e. The van der Waals surface area contributed by atoms with Crippen molar-refractivity contribution in [3.8, 4) is 5.75 Å². The summed E-state index contributed by atoms with van der Waals surface area (Å²) in [6.45, 7) is 8.03. The monoisotopic (exact) mass is 283 g/mol. The second-order valence-corrected chi connectivity index (χ2v) is 5.61. The van der Waals surface area contributed by atoms with Gasteiger partial charge in [0.05, 0.1) is 0 Å². The van der Waals surface area contributed by atoms with E-state index >= 15 is 0 Å². The van der Waals surface area contributed by atoms with Gasteiger partial charge in [-0.15, -0.1) is 0 Å². The lowest BCUT2D eigenvalue weighted by atomic mass is 10.1. The predicted molar refractivity (Wildman–Crippen MR) is 88.5 cm³/mol. The number of hydrogen-bond acceptors (Lipinski definition) is 2. The first kappa shape index (κ1) is 15.6. The summed E-state index contributed by atoms with van der Waals surface area (Å²) >= 11 is 0. The van der Waals surface area contributed by atoms with Gasteiger partial charge in [-0.05, 0) is 43.5 Å². The van der Waals surface area contributed by atoms with Gasteiger partial charge in [-0.1, -0.05) is 48.9 Å². The topological polar surface area (TPSA) is 21.3 Å². The minimum Gasteiger partial charge on any atom is -0.489 e. The highest BCUT2D eigenvalue weighted by Crippen LogP contribution is 2.15. The van der Waals surface area contributed by atoms with Crippen LogP contribution in [0.25, 0.3) is 0 Å². The average molecular weight is 283 g/mol. The third-order valence-electron chi connectivity index (χ3n) is 3.68. The summed E-state index contributed by atoms with van der Waals surface area (Å²) in [6, 6.07) is 17.3. The Labute approximate surface area is 128 Å². The molecule has 0 saturated carbocycles. The number of hydrogen-bond donors (Lipinski definition) is 1. The highest BCUT2D eigenvalue weighted by molar-refractivity contribution is 5.28. The Morgan fingerprint density at radius 1 is 1.05 bits per heavy atom. The molecule has 21 heavy (non-hydrogen) atoms. The van der Waals surface area contributed by atoms with Gasteiger partial charge in [0.2, 0.25) is 0 Å². The molecule has 1 unspecified atom stereocenters. The summed E-state index contributed by atoms with van der Waals surface area (Å²) < 4.78 is 5.83. The van der Waals surface area contributed by atoms with Crippen molar-refractivity contribution in [2.24, 2.45) is 0 Å². The molecule has 0 aliphatic heterocycles. The van der Waals surface area contributed by atoms with E-state index in [1.165, 1.54) is 16.7 Å². The van der Waals surface area contributed by atoms with E-state index in [4.69, 9.17) is 4.74 Å². The largest absolute Gasteiger partial charge is 0.489 e. The maximum absolute atomic E-state index is 5.83. The number of nitrogens with one attached hydrogen (secondary N) is 1. The Kier molecular flexibility index (Phi) is 5.82. The Morgan fingerprint density at radius 2 is 1.81 bits per heavy atom. The molecule has 2 aromatic carbocycles. The van der Waals surface area contributed by atoms with Crippen molar-refractivity contribution in [3.63, 3.8) is 0 Å². The van der Waals surface area contributed by atoms with Crippen molar-refractivity contribution in [1.82, 2.24) is 5.32 Å². The van der Waals surface area contributed by atoms with Crippen molar-refractivity contribution in [2.75, 3.05) is 0 Å². The molecule has 0 spiro atoms. The molecule has 0 fully saturated rings. The van der Waals surface area contributed by atoms with E-state index in [0.717, 1.165) is 18.7 Å². The Morgan fingerprint density at radius 3 is 2.48 bits per heavy atom. The molecule has 2 aromatic rings. The third kappa shape index (κ3) is 5.24. The van der Waals surface area contributed by atoms with Crippen LogP contribution in [0.2, 0.25) is 0 Å². The van der Waals surface area contributed by atoms with Crippen LogP contribution in [0.5, 0.6) is 5.75 Å². The standard InChI is InChI=1S/C19H25NO/c1-4-16(3)20-13-17-8-10-19(11-9-17)21-14-18-7-5-6-15(2)12-18/h5-12,16,20H,4,13-14H2,1-3H3. The zero-order valence-corrected chi connectivity index (χ0v) is 13.2. The molecule has 1 atom stereocenters. The Bertz CT molecular complexity index is 548. The molecule has 1 N–H and O–H groups in total. The number of rotatable bonds is 7. The number of aryl methyl sites for hydroxylation is 1. The van der Waals surface area contributed by atoms with Crippen LogP contribution in [0.4, 0.5) is 0 Å². The van der Waals surface area contributed by atoms with Crippen molar-refractivity contribution in [2.45, 2.75) is 46.4 Å². The molecule has 112 valence electrons. The van der Waals surface area contributed by atoms with Gasteiger partial charge in [-0.25, -0.2) is 0 Å². The van der Waals surface area contributed by atoms with Gasteiger partial charge in [-0.2, -0.15) is 0 Å². The van der Waals surface area contributed by atoms with E-state index in [9.17, 15) is 0 Å². The van der Waals surface area contributed by atoms with Gasteiger partial charge in [0.1, 0.15) is 12.4 Å². The quantitative estimate of drug-likeness (QED) is 0.810. The molecule has 0 saturated heterocycles. The van der Waals surface area contributed by atoms with Crippen molar-refractivity contribution in [1.29, 1.82) is 0 Å². The second-order valence-electron chi connectivity index (χ2n) is 5.61. The molecule has 2 heteroatoms. The van der Waals surface area contributed by atoms with E-state index in [-0.39, 0.29) is 0 Å². The van der Waals surface area contributed by atoms with Crippen LogP contribution in [0.3, 0.4) is 0 Å². The first-order chi connectivity index (χ1) is 10.2. The van der Waals surface area contributed by atoms with Crippen LogP contribution in [0, 0.1) is 6.92 Å². The summed E-state index contributed by atoms with van der Waals surface area (Å²) in [4.78, 5) is 0. The summed E-state index contributed by atoms with van der Waals surface area (Å²) in [7, 11) is 0. The summed E-state index contributed by atoms with van der Waals surface area (Å²) in [5.74, 6) is 0.920. The molecule has 0 heterocycles. The fourth-order valence-corrected chi connectivity index (χ4v) is 2.11. The van der Waals surface area contributed by atoms with E-state index in [1.807, 2.05) is 12.1 Å². The Balaban J connectivity index is 1.85. The SMILES string of the molecule is CCC(C)NCc1ccc(OCc2cccc(C)c2)cc1. The normalized spacial score (nSPS) is 12.1. The highest BCUT2D eigenvalue weighted by atomic mass is 16.5. The highest BCUT2D eigenvalue weighted by Gasteiger charge is 2.00. The minimum atomic E-state index is 0.558. The minimum absolute atomic E-state index is 0.558. The molecule has 0 aliphatic rings. The molecule has 0 aliphatic carbocycles. The van der Waals surface area contributed by atoms with Gasteiger partial charge in [0, 0.05) is 12.6 Å². The van der Waals surface area contributed by atoms with Crippen LogP contribution >= 0.6 is 0 Å². The number of benzene rings is 2. The Hall–Kier alpha value is -1.80. The van der Waals surface area contributed by atoms with Crippen molar-refractivity contribution < 1.29 is 4.74 Å². The van der Waals surface area contributed by atoms with Gasteiger partial charge in [0.15, 0.2) is 0 Å². The van der Waals surface area contributed by atoms with Crippen molar-refractivity contribution in [3.05, 3.63) is 65.2 Å². The fraction of sp³-hybridized carbons (Fsp3) is 0.368. The van der Waals surface area contributed by atoms with Crippen molar-refractivity contribution >= 4 is 0 Å². The first-order valence-corrected chi connectivity index (χ1v) is 7.68. The molecule has 0 radical (unpaired) electrons. The second kappa shape index (κ2) is 7.84. The van der Waals surface area contributed by atoms with Crippen LogP contribution in [-0.4, -0.2) is 6.04 Å². The predicted octanol–water partition coefficient (Wildman–Crippen LogP) is 4.46. The first-order valence-electron chi connectivity index (χ1n) is 7.68. The van der Waals surface area contributed by atoms with E-state index in [0.29, 0.717) is 12.6 Å². The lowest BCUT2D eigenvalue weighted by Crippen LogP contribution is -2.24. The molecule has 2 nitrogen and oxygen atoms in total. The third-order valence-corrected chi connectivity index (χ3v) is 3.68. The van der Waals surface area contributed by atoms with Gasteiger partial charge in [0.25, 0.3) is 0 Å². The lowest BCUT2D eigenvalue weighted by Gasteiger charge is -2.12. The summed E-state index contributed by atoms with van der Waals surface area (Å²) in [5.41, 5.74) is 3.76. The van der Waals surface area contributed by atoms with Crippen LogP contribution in [0.1, 0.15) is 37.0 Å². The fourth-order valence-electron chi connectivity index (χ4n) is 2.11. The molecule has 0 amide bonds. The van der Waals surface area contributed by atoms with Gasteiger partial charge < -0.3 is 10.1 Å². The molecule has 2 rings (SSSR count). The average Bonchev–Trinajstić information content (AvgIpc) is 2.51. The zero-order chi connectivity index (χ0) is 15.1. The van der Waals surface area contributed by atoms with E-state index in [1.54, 1.807) is 0 Å². The maximum atomic E-state index is 5.83. The number of ether oxygens (including phenoxy) is 1. The van der Waals surface area contributed by atoms with Gasteiger partial charge in [-0.3, -0.25) is 0 Å². The molecular weight excluding hydrogens is 258 g/mol. The molecule has 0 bridgehead atoms. The van der Waals surface area contributed by atoms with Crippen LogP contribution in [0.15, 0.2) is 48.5 Å². The van der Waals surface area contributed by atoms with Crippen LogP contribution in [-0.2, 0) is 13.2 Å². The zero-order valence-electron chi connectivity index (χ0n) is 13.2.